The lowest BCUT2D eigenvalue weighted by atomic mass is 10.0. The van der Waals surface area contributed by atoms with Crippen molar-refractivity contribution >= 4 is 16.7 Å². The Bertz CT molecular complexity index is 699. The molecule has 0 bridgehead atoms. The maximum Gasteiger partial charge on any atom is 0.338 e. The van der Waals surface area contributed by atoms with Crippen molar-refractivity contribution in [2.24, 2.45) is 0 Å². The maximum absolute atomic E-state index is 11.8. The third-order valence-corrected chi connectivity index (χ3v) is 3.22. The number of hydrogen-bond acceptors (Lipinski definition) is 3. The molecule has 3 heteroatoms. The number of carbonyl (C=O) groups is 1. The van der Waals surface area contributed by atoms with Crippen LogP contribution >= 0.6 is 0 Å². The first kappa shape index (κ1) is 14.1. The van der Waals surface area contributed by atoms with Crippen molar-refractivity contribution in [2.75, 3.05) is 0 Å². The van der Waals surface area contributed by atoms with Gasteiger partial charge in [0.25, 0.3) is 0 Å². The van der Waals surface area contributed by atoms with Crippen LogP contribution < -0.4 is 4.74 Å². The number of phenols is 1. The van der Waals surface area contributed by atoms with Crippen molar-refractivity contribution < 1.29 is 14.6 Å². The normalized spacial score (nSPS) is 10.6. The molecule has 0 spiro atoms. The zero-order chi connectivity index (χ0) is 14.9. The second-order valence-electron chi connectivity index (χ2n) is 4.96. The fraction of sp³-hybridized carbons (Fsp3) is 0.235. The standard InChI is InChI=1S/C17H18O3/c1-5-12-9-15(18)14-8-11(4)6-7-13(14)16(12)20-17(19)10(2)3/h6-9,18H,2,5H2,1,3-4H3. The smallest absolute Gasteiger partial charge is 0.338 e. The molecule has 0 unspecified atom stereocenters. The van der Waals surface area contributed by atoms with Gasteiger partial charge in [-0.1, -0.05) is 31.2 Å². The Balaban J connectivity index is 2.69. The van der Waals surface area contributed by atoms with Gasteiger partial charge >= 0.3 is 5.97 Å². The molecule has 0 aromatic heterocycles. The van der Waals surface area contributed by atoms with Gasteiger partial charge in [-0.15, -0.1) is 0 Å². The molecule has 2 aromatic carbocycles. The minimum absolute atomic E-state index is 0.204. The summed E-state index contributed by atoms with van der Waals surface area (Å²) in [5.74, 6) is 0.260. The highest BCUT2D eigenvalue weighted by molar-refractivity contribution is 5.98. The van der Waals surface area contributed by atoms with Crippen LogP contribution in [-0.2, 0) is 11.2 Å². The van der Waals surface area contributed by atoms with Crippen molar-refractivity contribution in [2.45, 2.75) is 27.2 Å². The van der Waals surface area contributed by atoms with Crippen LogP contribution in [0.1, 0.15) is 25.0 Å². The van der Waals surface area contributed by atoms with Crippen LogP contribution in [0.4, 0.5) is 0 Å². The molecule has 0 amide bonds. The van der Waals surface area contributed by atoms with Gasteiger partial charge in [0.1, 0.15) is 11.5 Å². The zero-order valence-electron chi connectivity index (χ0n) is 12.0. The molecular weight excluding hydrogens is 252 g/mol. The van der Waals surface area contributed by atoms with E-state index in [2.05, 4.69) is 6.58 Å². The van der Waals surface area contributed by atoms with Gasteiger partial charge in [-0.25, -0.2) is 4.79 Å². The van der Waals surface area contributed by atoms with E-state index in [0.29, 0.717) is 23.1 Å². The molecule has 20 heavy (non-hydrogen) atoms. The minimum Gasteiger partial charge on any atom is -0.507 e. The highest BCUT2D eigenvalue weighted by atomic mass is 16.5. The van der Waals surface area contributed by atoms with E-state index in [0.717, 1.165) is 16.5 Å². The fourth-order valence-electron chi connectivity index (χ4n) is 2.11. The summed E-state index contributed by atoms with van der Waals surface area (Å²) in [4.78, 5) is 11.8. The number of phenolic OH excluding ortho intramolecular Hbond substituents is 1. The van der Waals surface area contributed by atoms with Gasteiger partial charge in [0.15, 0.2) is 0 Å². The summed E-state index contributed by atoms with van der Waals surface area (Å²) in [6, 6.07) is 7.33. The third-order valence-electron chi connectivity index (χ3n) is 3.22. The van der Waals surface area contributed by atoms with Crippen molar-refractivity contribution in [1.82, 2.24) is 0 Å². The van der Waals surface area contributed by atoms with Crippen molar-refractivity contribution in [3.8, 4) is 11.5 Å². The van der Waals surface area contributed by atoms with Gasteiger partial charge in [-0.3, -0.25) is 0 Å². The number of carbonyl (C=O) groups excluding carboxylic acids is 1. The lowest BCUT2D eigenvalue weighted by Gasteiger charge is -2.14. The molecule has 2 rings (SSSR count). The average Bonchev–Trinajstić information content (AvgIpc) is 2.41. The predicted octanol–water partition coefficient (Wildman–Crippen LogP) is 3.90. The van der Waals surface area contributed by atoms with E-state index in [1.54, 1.807) is 13.0 Å². The molecule has 0 fully saturated rings. The number of rotatable bonds is 3. The second kappa shape index (κ2) is 5.37. The molecule has 0 atom stereocenters. The minimum atomic E-state index is -0.452. The first-order valence-corrected chi connectivity index (χ1v) is 6.57. The van der Waals surface area contributed by atoms with Gasteiger partial charge in [-0.05, 0) is 38.0 Å². The Morgan fingerprint density at radius 1 is 1.30 bits per heavy atom. The Kier molecular flexibility index (Phi) is 3.79. The summed E-state index contributed by atoms with van der Waals surface area (Å²) in [6.07, 6.45) is 0.663. The van der Waals surface area contributed by atoms with Gasteiger partial charge in [0.2, 0.25) is 0 Å². The molecule has 1 N–H and O–H groups in total. The van der Waals surface area contributed by atoms with Gasteiger partial charge in [0.05, 0.1) is 0 Å². The lowest BCUT2D eigenvalue weighted by molar-refractivity contribution is -0.130. The SMILES string of the molecule is C=C(C)C(=O)Oc1c(CC)cc(O)c2cc(C)ccc12. The highest BCUT2D eigenvalue weighted by Crippen LogP contribution is 2.37. The van der Waals surface area contributed by atoms with Crippen LogP contribution in [0.25, 0.3) is 10.8 Å². The van der Waals surface area contributed by atoms with Crippen LogP contribution in [0.2, 0.25) is 0 Å². The third kappa shape index (κ3) is 2.52. The predicted molar refractivity (Wildman–Crippen MR) is 80.2 cm³/mol. The van der Waals surface area contributed by atoms with Crippen LogP contribution in [0.5, 0.6) is 11.5 Å². The summed E-state index contributed by atoms with van der Waals surface area (Å²) in [5, 5.41) is 11.5. The molecule has 3 nitrogen and oxygen atoms in total. The summed E-state index contributed by atoms with van der Waals surface area (Å²) >= 11 is 0. The average molecular weight is 270 g/mol. The highest BCUT2D eigenvalue weighted by Gasteiger charge is 2.15. The van der Waals surface area contributed by atoms with Gasteiger partial charge in [0, 0.05) is 16.3 Å². The van der Waals surface area contributed by atoms with Crippen LogP contribution in [0.3, 0.4) is 0 Å². The molecule has 0 aliphatic rings. The molecule has 0 aliphatic heterocycles. The van der Waals surface area contributed by atoms with E-state index < -0.39 is 5.97 Å². The topological polar surface area (TPSA) is 46.5 Å². The molecule has 0 radical (unpaired) electrons. The Morgan fingerprint density at radius 3 is 2.60 bits per heavy atom. The molecule has 104 valence electrons. The largest absolute Gasteiger partial charge is 0.507 e. The zero-order valence-corrected chi connectivity index (χ0v) is 12.0. The van der Waals surface area contributed by atoms with E-state index >= 15 is 0 Å². The first-order chi connectivity index (χ1) is 9.43. The van der Waals surface area contributed by atoms with Gasteiger partial charge in [-0.2, -0.15) is 0 Å². The van der Waals surface area contributed by atoms with Crippen LogP contribution in [0, 0.1) is 6.92 Å². The lowest BCUT2D eigenvalue weighted by Crippen LogP contribution is -2.10. The summed E-state index contributed by atoms with van der Waals surface area (Å²) < 4.78 is 5.46. The molecule has 0 saturated heterocycles. The fourth-order valence-corrected chi connectivity index (χ4v) is 2.11. The number of esters is 1. The summed E-state index contributed by atoms with van der Waals surface area (Å²) in [5.41, 5.74) is 2.18. The molecule has 0 aliphatic carbocycles. The van der Waals surface area contributed by atoms with E-state index in [9.17, 15) is 9.90 Å². The Labute approximate surface area is 118 Å². The molecule has 0 saturated carbocycles. The van der Waals surface area contributed by atoms with Crippen molar-refractivity contribution in [3.05, 3.63) is 47.5 Å². The number of aryl methyl sites for hydroxylation is 2. The Morgan fingerprint density at radius 2 is 2.00 bits per heavy atom. The van der Waals surface area contributed by atoms with E-state index in [1.807, 2.05) is 32.0 Å². The number of benzene rings is 2. The van der Waals surface area contributed by atoms with E-state index in [-0.39, 0.29) is 5.75 Å². The van der Waals surface area contributed by atoms with Crippen LogP contribution in [-0.4, -0.2) is 11.1 Å². The number of hydrogen-bond donors (Lipinski definition) is 1. The first-order valence-electron chi connectivity index (χ1n) is 6.57. The second-order valence-corrected chi connectivity index (χ2v) is 4.96. The molecular formula is C17H18O3. The monoisotopic (exact) mass is 270 g/mol. The quantitative estimate of drug-likeness (QED) is 0.522. The van der Waals surface area contributed by atoms with Crippen LogP contribution in [0.15, 0.2) is 36.4 Å². The van der Waals surface area contributed by atoms with Crippen molar-refractivity contribution in [3.63, 3.8) is 0 Å². The summed E-state index contributed by atoms with van der Waals surface area (Å²) in [7, 11) is 0. The Hall–Kier alpha value is -2.29. The number of fused-ring (bicyclic) bond motifs is 1. The summed E-state index contributed by atoms with van der Waals surface area (Å²) in [6.45, 7) is 9.11. The van der Waals surface area contributed by atoms with Crippen molar-refractivity contribution in [1.29, 1.82) is 0 Å². The van der Waals surface area contributed by atoms with Gasteiger partial charge < -0.3 is 9.84 Å². The number of aromatic hydroxyl groups is 1. The van der Waals surface area contributed by atoms with E-state index in [4.69, 9.17) is 4.74 Å². The number of ether oxygens (including phenoxy) is 1. The maximum atomic E-state index is 11.8. The molecule has 2 aromatic rings. The van der Waals surface area contributed by atoms with E-state index in [1.165, 1.54) is 0 Å². The molecule has 0 heterocycles.